The largest absolute Gasteiger partial charge is 0.384 e. The molecule has 3 saturated heterocycles. The predicted octanol–water partition coefficient (Wildman–Crippen LogP) is 2.72. The molecule has 9 heteroatoms. The van der Waals surface area contributed by atoms with Gasteiger partial charge in [0.2, 0.25) is 0 Å². The van der Waals surface area contributed by atoms with E-state index in [1.807, 2.05) is 12.1 Å². The Bertz CT molecular complexity index is 1150. The molecule has 5 N–H and O–H groups in total. The number of ketones is 1. The van der Waals surface area contributed by atoms with Gasteiger partial charge in [0, 0.05) is 47.7 Å². The molecule has 196 valence electrons. The van der Waals surface area contributed by atoms with Gasteiger partial charge in [0.1, 0.15) is 5.82 Å². The summed E-state index contributed by atoms with van der Waals surface area (Å²) in [5, 5.41) is 9.99. The zero-order valence-corrected chi connectivity index (χ0v) is 21.3. The molecule has 0 saturated carbocycles. The number of hydrogen-bond acceptors (Lipinski definition) is 7. The van der Waals surface area contributed by atoms with Crippen LogP contribution in [0, 0.1) is 5.92 Å². The van der Waals surface area contributed by atoms with Crippen molar-refractivity contribution in [3.63, 3.8) is 0 Å². The lowest BCUT2D eigenvalue weighted by molar-refractivity contribution is 0.0924. The molecule has 2 unspecified atom stereocenters. The number of carbonyl (C=O) groups is 3. The number of nitrogens with one attached hydrogen (secondary N) is 3. The van der Waals surface area contributed by atoms with E-state index in [1.54, 1.807) is 31.3 Å². The number of Topliss-reactive ketones (excluding diaryl/α,β-unsaturated/α-hetero) is 1. The number of anilines is 2. The number of rotatable bonds is 8. The summed E-state index contributed by atoms with van der Waals surface area (Å²) in [5.74, 6) is 0.732. The van der Waals surface area contributed by atoms with Gasteiger partial charge in [-0.1, -0.05) is 0 Å². The van der Waals surface area contributed by atoms with E-state index >= 15 is 0 Å². The van der Waals surface area contributed by atoms with Crippen molar-refractivity contribution in [1.82, 2.24) is 15.6 Å². The van der Waals surface area contributed by atoms with E-state index in [4.69, 9.17) is 5.73 Å². The third-order valence-electron chi connectivity index (χ3n) is 8.01. The number of pyridine rings is 1. The Morgan fingerprint density at radius 3 is 2.46 bits per heavy atom. The van der Waals surface area contributed by atoms with Crippen LogP contribution in [0.5, 0.6) is 0 Å². The second kappa shape index (κ2) is 10.9. The number of carbonyl (C=O) groups excluding carboxylic acids is 3. The Hall–Kier alpha value is -3.46. The highest BCUT2D eigenvalue weighted by atomic mass is 16.2. The fourth-order valence-electron chi connectivity index (χ4n) is 6.08. The maximum Gasteiger partial charge on any atom is 0.251 e. The van der Waals surface area contributed by atoms with E-state index in [1.165, 1.54) is 0 Å². The lowest BCUT2D eigenvalue weighted by Gasteiger charge is -2.40. The topological polar surface area (TPSA) is 129 Å². The molecular formula is C28H36N6O3. The third-order valence-corrected chi connectivity index (χ3v) is 8.01. The number of piperidine rings is 2. The van der Waals surface area contributed by atoms with Crippen LogP contribution in [0.25, 0.3) is 0 Å². The fraction of sp³-hybridized carbons (Fsp3) is 0.500. The highest BCUT2D eigenvalue weighted by Gasteiger charge is 2.41. The number of primary amides is 1. The van der Waals surface area contributed by atoms with E-state index in [9.17, 15) is 14.4 Å². The van der Waals surface area contributed by atoms with Gasteiger partial charge in [0.25, 0.3) is 11.8 Å². The van der Waals surface area contributed by atoms with E-state index in [2.05, 4.69) is 25.8 Å². The van der Waals surface area contributed by atoms with Gasteiger partial charge in [-0.25, -0.2) is 4.98 Å². The predicted molar refractivity (Wildman–Crippen MR) is 143 cm³/mol. The molecule has 1 aromatic carbocycles. The summed E-state index contributed by atoms with van der Waals surface area (Å²) in [6.07, 6.45) is 7.73. The lowest BCUT2D eigenvalue weighted by atomic mass is 9.96. The highest BCUT2D eigenvalue weighted by Crippen LogP contribution is 2.38. The first kappa shape index (κ1) is 25.2. The lowest BCUT2D eigenvalue weighted by Crippen LogP contribution is -2.50. The summed E-state index contributed by atoms with van der Waals surface area (Å²) < 4.78 is 0. The molecule has 2 bridgehead atoms. The number of nitrogens with two attached hydrogens (primary N) is 1. The highest BCUT2D eigenvalue weighted by molar-refractivity contribution is 6.02. The zero-order chi connectivity index (χ0) is 25.9. The molecule has 4 atom stereocenters. The maximum absolute atomic E-state index is 13.2. The van der Waals surface area contributed by atoms with Crippen molar-refractivity contribution >= 4 is 29.1 Å². The first-order valence-corrected chi connectivity index (χ1v) is 13.3. The van der Waals surface area contributed by atoms with Crippen LogP contribution in [0.2, 0.25) is 0 Å². The minimum atomic E-state index is -0.509. The van der Waals surface area contributed by atoms with Gasteiger partial charge in [-0.15, -0.1) is 0 Å². The van der Waals surface area contributed by atoms with Crippen molar-refractivity contribution in [1.29, 1.82) is 0 Å². The van der Waals surface area contributed by atoms with Crippen molar-refractivity contribution in [2.75, 3.05) is 29.9 Å². The molecule has 2 amide bonds. The van der Waals surface area contributed by atoms with Crippen LogP contribution < -0.4 is 26.6 Å². The average Bonchev–Trinajstić information content (AvgIpc) is 3.17. The van der Waals surface area contributed by atoms with Crippen LogP contribution in [0.4, 0.5) is 11.5 Å². The zero-order valence-electron chi connectivity index (χ0n) is 21.3. The van der Waals surface area contributed by atoms with Crippen LogP contribution in [0.15, 0.2) is 36.5 Å². The SMILES string of the molecule is CC(=O)c1ccc(N2[C@@H]3CC[C@H]2CC(NC(=O)c2ccc(C(N)=O)c(NCC4CCCNC4)c2)C3)nc1. The monoisotopic (exact) mass is 504 g/mol. The smallest absolute Gasteiger partial charge is 0.251 e. The maximum atomic E-state index is 13.2. The molecule has 2 aromatic rings. The summed E-state index contributed by atoms with van der Waals surface area (Å²) in [6.45, 7) is 4.25. The summed E-state index contributed by atoms with van der Waals surface area (Å²) in [7, 11) is 0. The van der Waals surface area contributed by atoms with Gasteiger partial charge in [0.05, 0.1) is 5.56 Å². The van der Waals surface area contributed by atoms with Crippen LogP contribution in [-0.4, -0.2) is 60.3 Å². The normalized spacial score (nSPS) is 24.9. The van der Waals surface area contributed by atoms with Gasteiger partial charge in [-0.2, -0.15) is 0 Å². The molecule has 3 fully saturated rings. The molecule has 9 nitrogen and oxygen atoms in total. The molecule has 37 heavy (non-hydrogen) atoms. The Kier molecular flexibility index (Phi) is 7.41. The van der Waals surface area contributed by atoms with Crippen molar-refractivity contribution in [2.24, 2.45) is 11.7 Å². The number of amides is 2. The Balaban J connectivity index is 1.23. The van der Waals surface area contributed by atoms with Gasteiger partial charge < -0.3 is 26.6 Å². The second-order valence-electron chi connectivity index (χ2n) is 10.6. The van der Waals surface area contributed by atoms with Gasteiger partial charge in [0.15, 0.2) is 5.78 Å². The standard InChI is InChI=1S/C28H36N6O3/c1-17(35)20-5-9-26(32-16-20)34-22-6-7-23(34)13-21(12-22)33-28(37)19-4-8-24(27(29)36)25(11-19)31-15-18-3-2-10-30-14-18/h4-5,8-9,11,16,18,21-23,30-31H,2-3,6-7,10,12-15H2,1H3,(H2,29,36)(H,33,37)/t18?,21?,22-,23+. The van der Waals surface area contributed by atoms with Crippen molar-refractivity contribution in [2.45, 2.75) is 63.6 Å². The van der Waals surface area contributed by atoms with Crippen LogP contribution in [0.3, 0.4) is 0 Å². The molecule has 1 aromatic heterocycles. The summed E-state index contributed by atoms with van der Waals surface area (Å²) in [6, 6.07) is 9.50. The van der Waals surface area contributed by atoms with Gasteiger partial charge >= 0.3 is 0 Å². The first-order valence-electron chi connectivity index (χ1n) is 13.3. The Morgan fingerprint density at radius 2 is 1.84 bits per heavy atom. The molecule has 3 aliphatic heterocycles. The minimum absolute atomic E-state index is 0.0108. The second-order valence-corrected chi connectivity index (χ2v) is 10.6. The number of fused-ring (bicyclic) bond motifs is 2. The van der Waals surface area contributed by atoms with Crippen molar-refractivity contribution in [3.8, 4) is 0 Å². The van der Waals surface area contributed by atoms with Crippen molar-refractivity contribution in [3.05, 3.63) is 53.2 Å². The molecule has 3 aliphatic rings. The Morgan fingerprint density at radius 1 is 1.08 bits per heavy atom. The molecule has 0 radical (unpaired) electrons. The van der Waals surface area contributed by atoms with Gasteiger partial charge in [-0.3, -0.25) is 14.4 Å². The van der Waals surface area contributed by atoms with Gasteiger partial charge in [-0.05, 0) is 94.8 Å². The average molecular weight is 505 g/mol. The first-order chi connectivity index (χ1) is 17.9. The van der Waals surface area contributed by atoms with E-state index in [0.717, 1.165) is 64.0 Å². The number of benzene rings is 1. The number of hydrogen-bond donors (Lipinski definition) is 4. The number of aromatic nitrogens is 1. The molecule has 4 heterocycles. The summed E-state index contributed by atoms with van der Waals surface area (Å²) in [4.78, 5) is 43.7. The molecular weight excluding hydrogens is 468 g/mol. The summed E-state index contributed by atoms with van der Waals surface area (Å²) in [5.41, 5.74) is 7.75. The number of nitrogens with zero attached hydrogens (tertiary/aromatic N) is 2. The molecule has 5 rings (SSSR count). The Labute approximate surface area is 217 Å². The van der Waals surface area contributed by atoms with E-state index in [-0.39, 0.29) is 17.7 Å². The van der Waals surface area contributed by atoms with E-state index in [0.29, 0.717) is 40.4 Å². The fourth-order valence-corrected chi connectivity index (χ4v) is 6.08. The van der Waals surface area contributed by atoms with Crippen LogP contribution in [-0.2, 0) is 0 Å². The van der Waals surface area contributed by atoms with E-state index < -0.39 is 5.91 Å². The van der Waals surface area contributed by atoms with Crippen LogP contribution in [0.1, 0.15) is 76.5 Å². The minimum Gasteiger partial charge on any atom is -0.384 e. The molecule has 0 spiro atoms. The summed E-state index contributed by atoms with van der Waals surface area (Å²) >= 11 is 0. The molecule has 0 aliphatic carbocycles. The quantitative estimate of drug-likeness (QED) is 0.407. The third kappa shape index (κ3) is 5.61. The van der Waals surface area contributed by atoms with Crippen molar-refractivity contribution < 1.29 is 14.4 Å². The van der Waals surface area contributed by atoms with Crippen LogP contribution >= 0.6 is 0 Å².